The Balaban J connectivity index is 2.22. The van der Waals surface area contributed by atoms with Crippen molar-refractivity contribution in [3.05, 3.63) is 12.2 Å². The highest BCUT2D eigenvalue weighted by Crippen LogP contribution is 2.25. The molecule has 1 aliphatic rings. The molecule has 0 bridgehead atoms. The summed E-state index contributed by atoms with van der Waals surface area (Å²) >= 11 is 0. The molecule has 4 N–H and O–H groups in total. The minimum atomic E-state index is -0.805. The molecule has 7 nitrogen and oxygen atoms in total. The Labute approximate surface area is 220 Å². The molecule has 0 aromatic heterocycles. The van der Waals surface area contributed by atoms with Gasteiger partial charge in [-0.15, -0.1) is 0 Å². The van der Waals surface area contributed by atoms with Crippen LogP contribution in [0.3, 0.4) is 0 Å². The topological polar surface area (TPSA) is 114 Å². The predicted molar refractivity (Wildman–Crippen MR) is 145 cm³/mol. The lowest BCUT2D eigenvalue weighted by atomic mass is 9.94. The van der Waals surface area contributed by atoms with Gasteiger partial charge in [-0.1, -0.05) is 76.9 Å². The van der Waals surface area contributed by atoms with Crippen molar-refractivity contribution in [3.63, 3.8) is 0 Å². The van der Waals surface area contributed by atoms with Gasteiger partial charge in [0.2, 0.25) is 0 Å². The van der Waals surface area contributed by atoms with Gasteiger partial charge in [-0.05, 0) is 70.8 Å². The Kier molecular flexibility index (Phi) is 20.6. The quantitative estimate of drug-likeness (QED) is 0.0762. The molecule has 3 atom stereocenters. The zero-order valence-corrected chi connectivity index (χ0v) is 22.9. The summed E-state index contributed by atoms with van der Waals surface area (Å²) in [6.07, 6.45) is 24.7. The lowest BCUT2D eigenvalue weighted by molar-refractivity contribution is -0.264. The van der Waals surface area contributed by atoms with Crippen molar-refractivity contribution in [1.82, 2.24) is 0 Å². The van der Waals surface area contributed by atoms with Crippen molar-refractivity contribution in [2.24, 2.45) is 17.4 Å². The third kappa shape index (κ3) is 17.1. The van der Waals surface area contributed by atoms with Crippen molar-refractivity contribution < 1.29 is 24.1 Å². The summed E-state index contributed by atoms with van der Waals surface area (Å²) in [5, 5.41) is 0. The number of nitrogens with two attached hydrogens (primary N) is 2. The summed E-state index contributed by atoms with van der Waals surface area (Å²) in [4.78, 5) is 34.4. The fourth-order valence-electron chi connectivity index (χ4n) is 4.60. The molecule has 0 aliphatic carbocycles. The average molecular weight is 511 g/mol. The van der Waals surface area contributed by atoms with Gasteiger partial charge in [0.05, 0.1) is 12.0 Å². The van der Waals surface area contributed by atoms with E-state index in [4.69, 9.17) is 26.0 Å². The molecule has 0 radical (unpaired) electrons. The fraction of sp³-hybridized carbons (Fsp3) is 0.862. The second-order valence-corrected chi connectivity index (χ2v) is 10.3. The first-order chi connectivity index (χ1) is 17.6. The normalized spacial score (nSPS) is 17.4. The Morgan fingerprint density at radius 1 is 0.861 bits per heavy atom. The maximum Gasteiger partial charge on any atom is 0.372 e. The van der Waals surface area contributed by atoms with Crippen LogP contribution in [0.4, 0.5) is 0 Å². The van der Waals surface area contributed by atoms with Crippen LogP contribution >= 0.6 is 0 Å². The van der Waals surface area contributed by atoms with E-state index in [1.807, 2.05) is 0 Å². The van der Waals surface area contributed by atoms with Crippen LogP contribution in [-0.4, -0.2) is 37.2 Å². The number of rotatable bonds is 22. The number of unbranched alkanes of at least 4 members (excludes halogenated alkanes) is 11. The standard InChI is InChI=1S/C29H54N2O5/c1-2-3-4-5-6-7-8-9-10-11-12-13-14-15-19-25(24-26-20-18-23-34-26)28(32)35-36-29(33)27(31)21-16-17-22-30/h9-10,25-27H,2-8,11-24,30-31H2,1H3/b10-9-. The number of carbonyl (C=O) groups excluding carboxylic acids is 2. The summed E-state index contributed by atoms with van der Waals surface area (Å²) in [5.41, 5.74) is 11.3. The average Bonchev–Trinajstić information content (AvgIpc) is 3.39. The molecule has 0 amide bonds. The number of hydrogen-bond acceptors (Lipinski definition) is 7. The van der Waals surface area contributed by atoms with Crippen molar-refractivity contribution in [3.8, 4) is 0 Å². The van der Waals surface area contributed by atoms with Crippen LogP contribution in [0.1, 0.15) is 129 Å². The van der Waals surface area contributed by atoms with Gasteiger partial charge in [0.15, 0.2) is 0 Å². The first-order valence-corrected chi connectivity index (χ1v) is 14.7. The molecule has 1 saturated heterocycles. The van der Waals surface area contributed by atoms with E-state index >= 15 is 0 Å². The van der Waals surface area contributed by atoms with E-state index in [0.29, 0.717) is 25.8 Å². The minimum absolute atomic E-state index is 0.0774. The van der Waals surface area contributed by atoms with Crippen molar-refractivity contribution >= 4 is 11.9 Å². The second-order valence-electron chi connectivity index (χ2n) is 10.3. The maximum absolute atomic E-state index is 12.7. The molecule has 0 spiro atoms. The zero-order valence-electron chi connectivity index (χ0n) is 22.9. The third-order valence-corrected chi connectivity index (χ3v) is 6.95. The van der Waals surface area contributed by atoms with Crippen LogP contribution in [0.15, 0.2) is 12.2 Å². The SMILES string of the molecule is CCCCCCCC/C=C\CCCCCCC(CC1CCCO1)C(=O)OOC(=O)C(N)CCCCN. The van der Waals surface area contributed by atoms with Gasteiger partial charge in [0, 0.05) is 6.61 Å². The lowest BCUT2D eigenvalue weighted by Crippen LogP contribution is -2.34. The smallest absolute Gasteiger partial charge is 0.372 e. The summed E-state index contributed by atoms with van der Waals surface area (Å²) in [6, 6.07) is -0.805. The monoisotopic (exact) mass is 510 g/mol. The lowest BCUT2D eigenvalue weighted by Gasteiger charge is -2.18. The molecule has 36 heavy (non-hydrogen) atoms. The molecule has 0 aromatic rings. The zero-order chi connectivity index (χ0) is 26.3. The van der Waals surface area contributed by atoms with E-state index in [2.05, 4.69) is 19.1 Å². The van der Waals surface area contributed by atoms with Gasteiger partial charge in [-0.25, -0.2) is 19.4 Å². The molecule has 1 aliphatic heterocycles. The first kappa shape index (κ1) is 32.6. The number of ether oxygens (including phenoxy) is 1. The van der Waals surface area contributed by atoms with Crippen LogP contribution in [0.2, 0.25) is 0 Å². The van der Waals surface area contributed by atoms with E-state index in [9.17, 15) is 9.59 Å². The highest BCUT2D eigenvalue weighted by molar-refractivity contribution is 5.77. The molecule has 3 unspecified atom stereocenters. The first-order valence-electron chi connectivity index (χ1n) is 14.7. The summed E-state index contributed by atoms with van der Waals surface area (Å²) in [7, 11) is 0. The second kappa shape index (κ2) is 22.7. The van der Waals surface area contributed by atoms with Gasteiger partial charge in [0.25, 0.3) is 0 Å². The summed E-state index contributed by atoms with van der Waals surface area (Å²) in [5.74, 6) is -1.53. The van der Waals surface area contributed by atoms with Gasteiger partial charge < -0.3 is 16.2 Å². The van der Waals surface area contributed by atoms with Gasteiger partial charge in [-0.3, -0.25) is 0 Å². The number of carbonyl (C=O) groups is 2. The molecule has 210 valence electrons. The Morgan fingerprint density at radius 2 is 1.47 bits per heavy atom. The molecule has 7 heteroatoms. The maximum atomic E-state index is 12.7. The van der Waals surface area contributed by atoms with E-state index in [1.54, 1.807) is 0 Å². The molecule has 1 rings (SSSR count). The van der Waals surface area contributed by atoms with Crippen LogP contribution in [-0.2, 0) is 24.1 Å². The molecule has 1 fully saturated rings. The Hall–Kier alpha value is -1.44. The molecular weight excluding hydrogens is 456 g/mol. The van der Waals surface area contributed by atoms with E-state index in [1.165, 1.54) is 51.4 Å². The predicted octanol–water partition coefficient (Wildman–Crippen LogP) is 6.28. The number of hydrogen-bond donors (Lipinski definition) is 2. The van der Waals surface area contributed by atoms with Gasteiger partial charge in [0.1, 0.15) is 6.04 Å². The fourth-order valence-corrected chi connectivity index (χ4v) is 4.60. The van der Waals surface area contributed by atoms with Crippen LogP contribution in [0.5, 0.6) is 0 Å². The summed E-state index contributed by atoms with van der Waals surface area (Å²) in [6.45, 7) is 3.55. The van der Waals surface area contributed by atoms with E-state index in [0.717, 1.165) is 58.0 Å². The largest absolute Gasteiger partial charge is 0.378 e. The molecule has 0 saturated carbocycles. The molecular formula is C29H54N2O5. The van der Waals surface area contributed by atoms with Crippen molar-refractivity contribution in [2.45, 2.75) is 141 Å². The van der Waals surface area contributed by atoms with Crippen molar-refractivity contribution in [1.29, 1.82) is 0 Å². The van der Waals surface area contributed by atoms with Gasteiger partial charge in [-0.2, -0.15) is 0 Å². The van der Waals surface area contributed by atoms with Crippen LogP contribution < -0.4 is 11.5 Å². The highest BCUT2D eigenvalue weighted by Gasteiger charge is 2.29. The minimum Gasteiger partial charge on any atom is -0.378 e. The van der Waals surface area contributed by atoms with E-state index in [-0.39, 0.29) is 12.0 Å². The number of allylic oxidation sites excluding steroid dienone is 2. The molecule has 0 aromatic carbocycles. The van der Waals surface area contributed by atoms with Gasteiger partial charge >= 0.3 is 11.9 Å². The van der Waals surface area contributed by atoms with Crippen molar-refractivity contribution in [2.75, 3.05) is 13.2 Å². The van der Waals surface area contributed by atoms with E-state index < -0.39 is 18.0 Å². The Bertz CT molecular complexity index is 578. The van der Waals surface area contributed by atoms with Crippen LogP contribution in [0.25, 0.3) is 0 Å². The highest BCUT2D eigenvalue weighted by atomic mass is 17.2. The molecule has 1 heterocycles. The Morgan fingerprint density at radius 3 is 2.11 bits per heavy atom. The van der Waals surface area contributed by atoms with Crippen LogP contribution in [0, 0.1) is 5.92 Å². The third-order valence-electron chi connectivity index (χ3n) is 6.95. The summed E-state index contributed by atoms with van der Waals surface area (Å²) < 4.78 is 5.72.